The summed E-state index contributed by atoms with van der Waals surface area (Å²) in [6, 6.07) is 10.4. The number of hydrogen-bond acceptors (Lipinski definition) is 6. The molecule has 0 aliphatic carbocycles. The second-order valence-corrected chi connectivity index (χ2v) is 7.63. The number of aliphatic hydroxyl groups excluding tert-OH is 1. The van der Waals surface area contributed by atoms with E-state index < -0.39 is 0 Å². The summed E-state index contributed by atoms with van der Waals surface area (Å²) < 4.78 is 5.54. The fourth-order valence-electron chi connectivity index (χ4n) is 3.94. The van der Waals surface area contributed by atoms with Crippen molar-refractivity contribution in [1.82, 2.24) is 15.0 Å². The van der Waals surface area contributed by atoms with Crippen LogP contribution in [0, 0.1) is 0 Å². The molecule has 3 N–H and O–H groups in total. The van der Waals surface area contributed by atoms with E-state index in [0.29, 0.717) is 31.6 Å². The standard InChI is InChI=1S/C21H25N5O2/c27-16-11-26(12-16)21-24-19(15-6-8-28-13-15)9-20(25-21)22-7-5-14-10-23-18-4-2-1-3-17(14)18/h1-4,9-10,15-16,23,27H,5-8,11-13H2,(H,22,24,25)/t15-/m0/s1. The number of rotatable bonds is 6. The van der Waals surface area contributed by atoms with Crippen LogP contribution in [0.4, 0.5) is 11.8 Å². The van der Waals surface area contributed by atoms with Crippen LogP contribution in [0.5, 0.6) is 0 Å². The molecule has 3 aromatic rings. The lowest BCUT2D eigenvalue weighted by Crippen LogP contribution is -2.51. The van der Waals surface area contributed by atoms with E-state index in [4.69, 9.17) is 9.72 Å². The van der Waals surface area contributed by atoms with Crippen molar-refractivity contribution in [3.8, 4) is 0 Å². The average Bonchev–Trinajstić information content (AvgIpc) is 3.36. The molecule has 7 nitrogen and oxygen atoms in total. The lowest BCUT2D eigenvalue weighted by Gasteiger charge is -2.36. The quantitative estimate of drug-likeness (QED) is 0.609. The van der Waals surface area contributed by atoms with Crippen molar-refractivity contribution in [2.45, 2.75) is 24.9 Å². The summed E-state index contributed by atoms with van der Waals surface area (Å²) in [5.74, 6) is 1.86. The number of aromatic nitrogens is 3. The van der Waals surface area contributed by atoms with Gasteiger partial charge in [-0.15, -0.1) is 0 Å². The van der Waals surface area contributed by atoms with Crippen LogP contribution >= 0.6 is 0 Å². The summed E-state index contributed by atoms with van der Waals surface area (Å²) in [7, 11) is 0. The van der Waals surface area contributed by atoms with Crippen molar-refractivity contribution >= 4 is 22.7 Å². The van der Waals surface area contributed by atoms with Gasteiger partial charge in [-0.2, -0.15) is 4.98 Å². The van der Waals surface area contributed by atoms with E-state index in [0.717, 1.165) is 37.5 Å². The van der Waals surface area contributed by atoms with Gasteiger partial charge in [0, 0.05) is 55.3 Å². The van der Waals surface area contributed by atoms with Crippen LogP contribution in [-0.2, 0) is 11.2 Å². The minimum atomic E-state index is -0.277. The number of H-pyrrole nitrogens is 1. The highest BCUT2D eigenvalue weighted by atomic mass is 16.5. The molecule has 5 rings (SSSR count). The SMILES string of the molecule is OC1CN(c2nc(NCCc3c[nH]c4ccccc34)cc([C@H]3CCOC3)n2)C1. The molecule has 146 valence electrons. The number of aliphatic hydroxyl groups is 1. The zero-order chi connectivity index (χ0) is 18.9. The van der Waals surface area contributed by atoms with E-state index in [9.17, 15) is 5.11 Å². The predicted octanol–water partition coefficient (Wildman–Crippen LogP) is 2.30. The van der Waals surface area contributed by atoms with Crippen LogP contribution in [0.3, 0.4) is 0 Å². The zero-order valence-corrected chi connectivity index (χ0v) is 15.8. The molecule has 2 aliphatic heterocycles. The summed E-state index contributed by atoms with van der Waals surface area (Å²) in [5, 5.41) is 14.4. The van der Waals surface area contributed by atoms with Crippen LogP contribution in [0.1, 0.15) is 23.6 Å². The maximum absolute atomic E-state index is 9.63. The first-order chi connectivity index (χ1) is 13.8. The Bertz CT molecular complexity index is 960. The van der Waals surface area contributed by atoms with E-state index in [-0.39, 0.29) is 6.10 Å². The number of nitrogens with zero attached hydrogens (tertiary/aromatic N) is 3. The summed E-state index contributed by atoms with van der Waals surface area (Å²) in [4.78, 5) is 14.8. The third kappa shape index (κ3) is 3.43. The number of anilines is 2. The van der Waals surface area contributed by atoms with E-state index in [1.165, 1.54) is 16.5 Å². The van der Waals surface area contributed by atoms with Gasteiger partial charge in [-0.05, 0) is 24.5 Å². The lowest BCUT2D eigenvalue weighted by atomic mass is 10.0. The number of para-hydroxylation sites is 1. The van der Waals surface area contributed by atoms with Crippen molar-refractivity contribution in [3.05, 3.63) is 47.8 Å². The van der Waals surface area contributed by atoms with Crippen molar-refractivity contribution in [2.24, 2.45) is 0 Å². The van der Waals surface area contributed by atoms with Crippen molar-refractivity contribution in [3.63, 3.8) is 0 Å². The van der Waals surface area contributed by atoms with E-state index in [1.54, 1.807) is 0 Å². The third-order valence-electron chi connectivity index (χ3n) is 5.60. The molecule has 7 heteroatoms. The van der Waals surface area contributed by atoms with Gasteiger partial charge in [0.15, 0.2) is 0 Å². The average molecular weight is 379 g/mol. The Balaban J connectivity index is 1.32. The second-order valence-electron chi connectivity index (χ2n) is 7.63. The molecule has 1 atom stereocenters. The Hall–Kier alpha value is -2.64. The molecular formula is C21H25N5O2. The maximum Gasteiger partial charge on any atom is 0.227 e. The summed E-state index contributed by atoms with van der Waals surface area (Å²) in [6.45, 7) is 3.49. The minimum absolute atomic E-state index is 0.277. The van der Waals surface area contributed by atoms with Crippen LogP contribution in [0.2, 0.25) is 0 Å². The number of ether oxygens (including phenoxy) is 1. The van der Waals surface area contributed by atoms with Crippen LogP contribution in [0.15, 0.2) is 36.5 Å². The number of benzene rings is 1. The van der Waals surface area contributed by atoms with Gasteiger partial charge in [-0.3, -0.25) is 0 Å². The highest BCUT2D eigenvalue weighted by Crippen LogP contribution is 2.28. The third-order valence-corrected chi connectivity index (χ3v) is 5.60. The normalized spacial score (nSPS) is 19.9. The van der Waals surface area contributed by atoms with Gasteiger partial charge in [0.25, 0.3) is 0 Å². The molecule has 0 unspecified atom stereocenters. The Morgan fingerprint density at radius 2 is 2.14 bits per heavy atom. The Morgan fingerprint density at radius 1 is 1.25 bits per heavy atom. The molecule has 4 heterocycles. The van der Waals surface area contributed by atoms with Gasteiger partial charge in [-0.25, -0.2) is 4.98 Å². The van der Waals surface area contributed by atoms with Crippen LogP contribution in [-0.4, -0.2) is 59.0 Å². The monoisotopic (exact) mass is 379 g/mol. The molecule has 2 aromatic heterocycles. The summed E-state index contributed by atoms with van der Waals surface area (Å²) in [6.07, 6.45) is 3.71. The summed E-state index contributed by atoms with van der Waals surface area (Å²) in [5.41, 5.74) is 3.49. The molecule has 1 aromatic carbocycles. The minimum Gasteiger partial charge on any atom is -0.389 e. The van der Waals surface area contributed by atoms with Gasteiger partial charge >= 0.3 is 0 Å². The number of β-amino-alcohol motifs (C(OH)–C–C–N with tert-alkyl or cyclic N) is 1. The highest BCUT2D eigenvalue weighted by Gasteiger charge is 2.28. The summed E-state index contributed by atoms with van der Waals surface area (Å²) >= 11 is 0. The van der Waals surface area contributed by atoms with Crippen molar-refractivity contribution in [1.29, 1.82) is 0 Å². The fourth-order valence-corrected chi connectivity index (χ4v) is 3.94. The molecule has 28 heavy (non-hydrogen) atoms. The Labute approximate surface area is 163 Å². The molecule has 0 bridgehead atoms. The van der Waals surface area contributed by atoms with Gasteiger partial charge in [-0.1, -0.05) is 18.2 Å². The largest absolute Gasteiger partial charge is 0.389 e. The van der Waals surface area contributed by atoms with Gasteiger partial charge in [0.1, 0.15) is 5.82 Å². The predicted molar refractivity (Wildman–Crippen MR) is 109 cm³/mol. The lowest BCUT2D eigenvalue weighted by molar-refractivity contribution is 0.140. The molecule has 2 aliphatic rings. The first-order valence-corrected chi connectivity index (χ1v) is 9.95. The van der Waals surface area contributed by atoms with Gasteiger partial charge in [0.05, 0.1) is 18.4 Å². The Morgan fingerprint density at radius 3 is 2.96 bits per heavy atom. The highest BCUT2D eigenvalue weighted by molar-refractivity contribution is 5.83. The van der Waals surface area contributed by atoms with Crippen molar-refractivity contribution < 1.29 is 9.84 Å². The molecule has 0 radical (unpaired) electrons. The molecule has 0 spiro atoms. The first kappa shape index (κ1) is 17.5. The number of aromatic amines is 1. The molecule has 0 saturated carbocycles. The first-order valence-electron chi connectivity index (χ1n) is 9.95. The van der Waals surface area contributed by atoms with Crippen LogP contribution < -0.4 is 10.2 Å². The van der Waals surface area contributed by atoms with Crippen LogP contribution in [0.25, 0.3) is 10.9 Å². The van der Waals surface area contributed by atoms with E-state index in [1.807, 2.05) is 17.0 Å². The molecule has 2 fully saturated rings. The molecular weight excluding hydrogens is 354 g/mol. The molecule has 0 amide bonds. The van der Waals surface area contributed by atoms with Gasteiger partial charge < -0.3 is 25.0 Å². The van der Waals surface area contributed by atoms with E-state index >= 15 is 0 Å². The fraction of sp³-hybridized carbons (Fsp3) is 0.429. The molecule has 2 saturated heterocycles. The zero-order valence-electron chi connectivity index (χ0n) is 15.8. The smallest absolute Gasteiger partial charge is 0.227 e. The topological polar surface area (TPSA) is 86.3 Å². The number of hydrogen-bond donors (Lipinski definition) is 3. The number of nitrogens with one attached hydrogen (secondary N) is 2. The van der Waals surface area contributed by atoms with E-state index in [2.05, 4.69) is 39.7 Å². The second kappa shape index (κ2) is 7.41. The maximum atomic E-state index is 9.63. The Kier molecular flexibility index (Phi) is 4.62. The van der Waals surface area contributed by atoms with Crippen molar-refractivity contribution in [2.75, 3.05) is 43.1 Å². The number of fused-ring (bicyclic) bond motifs is 1. The van der Waals surface area contributed by atoms with Gasteiger partial charge in [0.2, 0.25) is 5.95 Å².